The molecule has 2 N–H and O–H groups in total. The Morgan fingerprint density at radius 1 is 1.20 bits per heavy atom. The average molecular weight is 428 g/mol. The maximum atomic E-state index is 13.2. The van der Waals surface area contributed by atoms with Crippen LogP contribution in [0.25, 0.3) is 0 Å². The quantitative estimate of drug-likeness (QED) is 0.771. The van der Waals surface area contributed by atoms with E-state index in [1.165, 1.54) is 0 Å². The number of likely N-dealkylation sites (tertiary alicyclic amines) is 2. The predicted octanol–water partition coefficient (Wildman–Crippen LogP) is 1.19. The van der Waals surface area contributed by atoms with Gasteiger partial charge in [-0.25, -0.2) is 0 Å². The van der Waals surface area contributed by atoms with E-state index in [9.17, 15) is 9.59 Å². The van der Waals surface area contributed by atoms with Crippen molar-refractivity contribution in [1.82, 2.24) is 9.47 Å². The van der Waals surface area contributed by atoms with Gasteiger partial charge in [-0.1, -0.05) is 6.07 Å². The maximum absolute atomic E-state index is 13.2. The number of fused-ring (bicyclic) bond motifs is 4. The second-order valence-corrected chi connectivity index (χ2v) is 10.3. The summed E-state index contributed by atoms with van der Waals surface area (Å²) in [6.07, 6.45) is 3.79. The summed E-state index contributed by atoms with van der Waals surface area (Å²) in [5.74, 6) is 0.840. The number of aromatic nitrogens is 1. The Kier molecular flexibility index (Phi) is 5.41. The van der Waals surface area contributed by atoms with Gasteiger partial charge in [0, 0.05) is 55.0 Å². The first-order valence-corrected chi connectivity index (χ1v) is 12.1. The Hall–Kier alpha value is -2.12. The van der Waals surface area contributed by atoms with E-state index in [2.05, 4.69) is 18.4 Å². The largest absolute Gasteiger partial charge is 0.377 e. The van der Waals surface area contributed by atoms with Crippen LogP contribution in [0.1, 0.15) is 35.8 Å². The topological polar surface area (TPSA) is 58.8 Å². The van der Waals surface area contributed by atoms with Gasteiger partial charge >= 0.3 is 0 Å². The van der Waals surface area contributed by atoms with E-state index >= 15 is 0 Å². The second kappa shape index (κ2) is 8.19. The molecule has 3 aliphatic heterocycles. The third kappa shape index (κ3) is 3.93. The number of carbonyl (C=O) groups excluding carboxylic acids is 1. The van der Waals surface area contributed by atoms with Crippen LogP contribution in [0.5, 0.6) is 0 Å². The molecule has 160 valence electrons. The number of piperidine rings is 2. The molecule has 0 aromatic carbocycles. The molecule has 7 heteroatoms. The lowest BCUT2D eigenvalue weighted by molar-refractivity contribution is -0.884. The molecule has 3 aliphatic rings. The van der Waals surface area contributed by atoms with Crippen LogP contribution in [0.4, 0.5) is 5.69 Å². The minimum absolute atomic E-state index is 0.117. The van der Waals surface area contributed by atoms with Crippen LogP contribution in [-0.2, 0) is 17.8 Å². The number of thiophene rings is 1. The molecule has 2 bridgehead atoms. The van der Waals surface area contributed by atoms with Gasteiger partial charge in [-0.05, 0) is 35.9 Å². The predicted molar refractivity (Wildman–Crippen MR) is 119 cm³/mol. The maximum Gasteiger partial charge on any atom is 0.274 e. The van der Waals surface area contributed by atoms with Crippen molar-refractivity contribution in [3.8, 4) is 0 Å². The Morgan fingerprint density at radius 2 is 2.03 bits per heavy atom. The third-order valence-electron chi connectivity index (χ3n) is 7.06. The van der Waals surface area contributed by atoms with Gasteiger partial charge in [0.1, 0.15) is 5.69 Å². The van der Waals surface area contributed by atoms with Crippen molar-refractivity contribution in [1.29, 1.82) is 0 Å². The zero-order valence-electron chi connectivity index (χ0n) is 17.6. The highest BCUT2D eigenvalue weighted by Gasteiger charge is 2.36. The smallest absolute Gasteiger partial charge is 0.274 e. The highest BCUT2D eigenvalue weighted by Crippen LogP contribution is 2.35. The minimum Gasteiger partial charge on any atom is -0.377 e. The van der Waals surface area contributed by atoms with Crippen LogP contribution >= 0.6 is 11.3 Å². The summed E-state index contributed by atoms with van der Waals surface area (Å²) in [5.41, 5.74) is 1.96. The SMILES string of the molecule is C[NH+]1CCC(Nc2ccc3n(c2=O)C[C@H]2C[C@@H]3CN(C(=O)Cc3cccs3)C2)CC1. The molecule has 0 aliphatic carbocycles. The lowest BCUT2D eigenvalue weighted by atomic mass is 9.83. The molecule has 1 amide bonds. The summed E-state index contributed by atoms with van der Waals surface area (Å²) >= 11 is 1.64. The van der Waals surface area contributed by atoms with Crippen molar-refractivity contribution in [2.45, 2.75) is 44.2 Å². The standard InChI is InChI=1S/C23H30N4O2S/c1-25-8-6-18(7-9-25)24-20-4-5-21-17-11-16(14-27(21)23(20)29)13-26(15-17)22(28)12-19-3-2-10-30-19/h2-5,10,16-18,24H,6-9,11-15H2,1H3/p+1/t16-,17+/m0/s1. The average Bonchev–Trinajstić information content (AvgIpc) is 3.25. The Morgan fingerprint density at radius 3 is 2.80 bits per heavy atom. The van der Waals surface area contributed by atoms with Crippen molar-refractivity contribution in [2.75, 3.05) is 38.5 Å². The van der Waals surface area contributed by atoms with Gasteiger partial charge in [0.15, 0.2) is 0 Å². The molecule has 0 unspecified atom stereocenters. The van der Waals surface area contributed by atoms with Crippen LogP contribution in [0.15, 0.2) is 34.4 Å². The molecule has 2 atom stereocenters. The summed E-state index contributed by atoms with van der Waals surface area (Å²) in [4.78, 5) is 30.8. The zero-order valence-corrected chi connectivity index (χ0v) is 18.4. The summed E-state index contributed by atoms with van der Waals surface area (Å²) in [7, 11) is 2.23. The Balaban J connectivity index is 1.31. The minimum atomic E-state index is 0.117. The summed E-state index contributed by atoms with van der Waals surface area (Å²) in [6, 6.07) is 8.53. The van der Waals surface area contributed by atoms with Crippen LogP contribution in [0, 0.1) is 5.92 Å². The van der Waals surface area contributed by atoms with Crippen LogP contribution in [0.2, 0.25) is 0 Å². The van der Waals surface area contributed by atoms with Gasteiger partial charge < -0.3 is 19.7 Å². The molecule has 2 aromatic heterocycles. The van der Waals surface area contributed by atoms with E-state index in [1.54, 1.807) is 16.2 Å². The van der Waals surface area contributed by atoms with Gasteiger partial charge in [0.2, 0.25) is 5.91 Å². The van der Waals surface area contributed by atoms with Crippen molar-refractivity contribution in [3.05, 3.63) is 50.6 Å². The highest BCUT2D eigenvalue weighted by atomic mass is 32.1. The second-order valence-electron chi connectivity index (χ2n) is 9.32. The van der Waals surface area contributed by atoms with Gasteiger partial charge in [0.05, 0.1) is 26.6 Å². The van der Waals surface area contributed by atoms with Crippen molar-refractivity contribution < 1.29 is 9.69 Å². The number of anilines is 1. The number of rotatable bonds is 4. The van der Waals surface area contributed by atoms with Gasteiger partial charge in [-0.3, -0.25) is 9.59 Å². The van der Waals surface area contributed by atoms with Crippen LogP contribution < -0.4 is 15.8 Å². The molecular weight excluding hydrogens is 396 g/mol. The molecular formula is C23H31N4O2S+. The first-order chi connectivity index (χ1) is 14.6. The van der Waals surface area contributed by atoms with Gasteiger partial charge in [0.25, 0.3) is 5.56 Å². The summed E-state index contributed by atoms with van der Waals surface area (Å²) in [6.45, 7) is 4.53. The fourth-order valence-corrected chi connectivity index (χ4v) is 6.10. The van der Waals surface area contributed by atoms with Gasteiger partial charge in [-0.15, -0.1) is 11.3 Å². The fraction of sp³-hybridized carbons (Fsp3) is 0.565. The lowest BCUT2D eigenvalue weighted by Gasteiger charge is -2.43. The number of nitrogens with zero attached hydrogens (tertiary/aromatic N) is 2. The van der Waals surface area contributed by atoms with E-state index in [1.807, 2.05) is 33.0 Å². The van der Waals surface area contributed by atoms with E-state index in [-0.39, 0.29) is 17.4 Å². The molecule has 0 saturated carbocycles. The van der Waals surface area contributed by atoms with E-state index < -0.39 is 0 Å². The summed E-state index contributed by atoms with van der Waals surface area (Å²) < 4.78 is 1.99. The van der Waals surface area contributed by atoms with E-state index in [4.69, 9.17) is 0 Å². The fourth-order valence-electron chi connectivity index (χ4n) is 5.41. The molecule has 2 aromatic rings. The number of carbonyl (C=O) groups is 1. The van der Waals surface area contributed by atoms with Crippen molar-refractivity contribution >= 4 is 22.9 Å². The number of nitrogens with one attached hydrogen (secondary N) is 2. The number of hydrogen-bond acceptors (Lipinski definition) is 4. The lowest BCUT2D eigenvalue weighted by Crippen LogP contribution is -3.10. The first-order valence-electron chi connectivity index (χ1n) is 11.2. The normalized spacial score (nSPS) is 28.1. The number of hydrogen-bond donors (Lipinski definition) is 2. The van der Waals surface area contributed by atoms with E-state index in [0.717, 1.165) is 68.2 Å². The molecule has 5 rings (SSSR count). The Bertz CT molecular complexity index is 962. The zero-order chi connectivity index (χ0) is 20.7. The molecule has 0 spiro atoms. The molecule has 6 nitrogen and oxygen atoms in total. The number of amides is 1. The number of quaternary nitrogens is 1. The highest BCUT2D eigenvalue weighted by molar-refractivity contribution is 7.10. The van der Waals surface area contributed by atoms with Crippen LogP contribution in [-0.4, -0.2) is 54.6 Å². The number of pyridine rings is 1. The summed E-state index contributed by atoms with van der Waals surface area (Å²) in [5, 5.41) is 5.55. The van der Waals surface area contributed by atoms with Crippen LogP contribution in [0.3, 0.4) is 0 Å². The third-order valence-corrected chi connectivity index (χ3v) is 7.94. The monoisotopic (exact) mass is 427 g/mol. The Labute approximate surface area is 181 Å². The molecule has 2 saturated heterocycles. The van der Waals surface area contributed by atoms with Crippen molar-refractivity contribution in [3.63, 3.8) is 0 Å². The van der Waals surface area contributed by atoms with E-state index in [0.29, 0.717) is 18.4 Å². The van der Waals surface area contributed by atoms with Crippen molar-refractivity contribution in [2.24, 2.45) is 5.92 Å². The molecule has 5 heterocycles. The van der Waals surface area contributed by atoms with Gasteiger partial charge in [-0.2, -0.15) is 0 Å². The molecule has 0 radical (unpaired) electrons. The molecule has 2 fully saturated rings. The first kappa shape index (κ1) is 19.8. The molecule has 30 heavy (non-hydrogen) atoms.